The number of nitrogens with zero attached hydrogens (tertiary/aromatic N) is 3. The first-order valence-electron chi connectivity index (χ1n) is 8.75. The van der Waals surface area contributed by atoms with E-state index < -0.39 is 11.8 Å². The first kappa shape index (κ1) is 18.1. The number of hydrogen-bond donors (Lipinski definition) is 1. The fraction of sp³-hybridized carbons (Fsp3) is 0.421. The Balaban J connectivity index is 1.46. The van der Waals surface area contributed by atoms with E-state index in [2.05, 4.69) is 27.5 Å². The van der Waals surface area contributed by atoms with Crippen molar-refractivity contribution in [1.29, 1.82) is 0 Å². The van der Waals surface area contributed by atoms with Crippen molar-refractivity contribution in [2.24, 2.45) is 0 Å². The molecule has 1 atom stereocenters. The molecule has 3 rings (SSSR count). The lowest BCUT2D eigenvalue weighted by Gasteiger charge is -2.18. The van der Waals surface area contributed by atoms with Crippen LogP contribution in [-0.2, 0) is 22.7 Å². The van der Waals surface area contributed by atoms with Crippen LogP contribution in [0, 0.1) is 6.92 Å². The molecule has 7 nitrogen and oxygen atoms in total. The molecule has 1 N–H and O–H groups in total. The quantitative estimate of drug-likeness (QED) is 0.818. The van der Waals surface area contributed by atoms with Crippen molar-refractivity contribution in [1.82, 2.24) is 20.3 Å². The highest BCUT2D eigenvalue weighted by Gasteiger charge is 2.27. The Bertz CT molecular complexity index is 759. The Morgan fingerprint density at radius 1 is 1.35 bits per heavy atom. The molecule has 1 fully saturated rings. The van der Waals surface area contributed by atoms with Crippen LogP contribution in [0.5, 0.6) is 0 Å². The summed E-state index contributed by atoms with van der Waals surface area (Å²) in [6.07, 6.45) is 0.845. The summed E-state index contributed by atoms with van der Waals surface area (Å²) in [7, 11) is 1.59. The van der Waals surface area contributed by atoms with Gasteiger partial charge in [-0.2, -0.15) is 0 Å². The molecule has 1 aliphatic rings. The molecule has 0 radical (unpaired) electrons. The molecule has 26 heavy (non-hydrogen) atoms. The van der Waals surface area contributed by atoms with E-state index >= 15 is 0 Å². The topological polar surface area (TPSA) is 78.7 Å². The molecule has 0 spiro atoms. The first-order chi connectivity index (χ1) is 12.5. The Hall–Kier alpha value is -2.67. The molecule has 0 aliphatic carbocycles. The maximum atomic E-state index is 12.3. The number of amides is 2. The maximum absolute atomic E-state index is 12.3. The molecule has 2 aromatic rings. The van der Waals surface area contributed by atoms with Crippen molar-refractivity contribution >= 4 is 11.8 Å². The van der Waals surface area contributed by atoms with E-state index in [-0.39, 0.29) is 12.6 Å². The van der Waals surface area contributed by atoms with E-state index in [9.17, 15) is 9.59 Å². The van der Waals surface area contributed by atoms with Gasteiger partial charge in [0.25, 0.3) is 0 Å². The van der Waals surface area contributed by atoms with Crippen molar-refractivity contribution in [2.75, 3.05) is 20.1 Å². The molecular formula is C19H24N4O3. The number of carbonyl (C=O) groups excluding carboxylic acids is 2. The number of benzene rings is 1. The molecular weight excluding hydrogens is 332 g/mol. The Morgan fingerprint density at radius 3 is 2.81 bits per heavy atom. The van der Waals surface area contributed by atoms with Gasteiger partial charge in [-0.3, -0.25) is 14.5 Å². The average Bonchev–Trinajstić information content (AvgIpc) is 3.23. The predicted molar refractivity (Wildman–Crippen MR) is 96.0 cm³/mol. The Morgan fingerprint density at radius 2 is 2.12 bits per heavy atom. The summed E-state index contributed by atoms with van der Waals surface area (Å²) in [4.78, 5) is 28.1. The van der Waals surface area contributed by atoms with Crippen molar-refractivity contribution in [2.45, 2.75) is 32.5 Å². The smallest absolute Gasteiger partial charge is 0.311 e. The highest BCUT2D eigenvalue weighted by molar-refractivity contribution is 6.34. The Labute approximate surface area is 152 Å². The summed E-state index contributed by atoms with van der Waals surface area (Å²) < 4.78 is 4.98. The van der Waals surface area contributed by atoms with Crippen molar-refractivity contribution < 1.29 is 14.1 Å². The third-order valence-electron chi connectivity index (χ3n) is 4.47. The second kappa shape index (κ2) is 8.14. The molecule has 7 heteroatoms. The number of likely N-dealkylation sites (tertiary alicyclic amines) is 1. The second-order valence-corrected chi connectivity index (χ2v) is 6.77. The first-order valence-corrected chi connectivity index (χ1v) is 8.75. The van der Waals surface area contributed by atoms with E-state index in [1.165, 1.54) is 10.5 Å². The van der Waals surface area contributed by atoms with E-state index in [0.717, 1.165) is 26.1 Å². The lowest BCUT2D eigenvalue weighted by molar-refractivity contribution is -0.145. The van der Waals surface area contributed by atoms with Gasteiger partial charge < -0.3 is 14.7 Å². The van der Waals surface area contributed by atoms with Gasteiger partial charge in [0.1, 0.15) is 11.5 Å². The van der Waals surface area contributed by atoms with Crippen molar-refractivity contribution in [3.8, 4) is 0 Å². The van der Waals surface area contributed by atoms with Gasteiger partial charge in [0.15, 0.2) is 0 Å². The second-order valence-electron chi connectivity index (χ2n) is 6.77. The number of hydrogen-bond acceptors (Lipinski definition) is 5. The number of aryl methyl sites for hydroxylation is 1. The number of nitrogens with one attached hydrogen (secondary N) is 1. The van der Waals surface area contributed by atoms with Crippen LogP contribution in [-0.4, -0.2) is 52.9 Å². The van der Waals surface area contributed by atoms with Crippen molar-refractivity contribution in [3.05, 3.63) is 53.4 Å². The molecule has 2 amide bonds. The average molecular weight is 356 g/mol. The van der Waals surface area contributed by atoms with Crippen LogP contribution in [0.25, 0.3) is 0 Å². The van der Waals surface area contributed by atoms with Gasteiger partial charge in [0, 0.05) is 38.8 Å². The van der Waals surface area contributed by atoms with Crippen LogP contribution in [0.2, 0.25) is 0 Å². The largest absolute Gasteiger partial charge is 0.361 e. The van der Waals surface area contributed by atoms with Gasteiger partial charge in [-0.1, -0.05) is 35.5 Å². The van der Waals surface area contributed by atoms with Gasteiger partial charge in [0.05, 0.1) is 6.54 Å². The number of rotatable bonds is 5. The van der Waals surface area contributed by atoms with Crippen LogP contribution in [0.3, 0.4) is 0 Å². The summed E-state index contributed by atoms with van der Waals surface area (Å²) in [5.41, 5.74) is 1.87. The summed E-state index contributed by atoms with van der Waals surface area (Å²) in [5, 5.41) is 6.69. The molecule has 1 aliphatic heterocycles. The third kappa shape index (κ3) is 4.70. The van der Waals surface area contributed by atoms with Crippen LogP contribution in [0.15, 0.2) is 40.9 Å². The number of carbonyl (C=O) groups is 2. The summed E-state index contributed by atoms with van der Waals surface area (Å²) in [6.45, 7) is 4.54. The normalized spacial score (nSPS) is 17.2. The Kier molecular flexibility index (Phi) is 5.68. The molecule has 1 aromatic heterocycles. The lowest BCUT2D eigenvalue weighted by atomic mass is 10.2. The summed E-state index contributed by atoms with van der Waals surface area (Å²) >= 11 is 0. The van der Waals surface area contributed by atoms with Crippen LogP contribution in [0.1, 0.15) is 23.4 Å². The number of likely N-dealkylation sites (N-methyl/N-ethyl adjacent to an activating group) is 1. The van der Waals surface area contributed by atoms with Crippen LogP contribution < -0.4 is 5.32 Å². The monoisotopic (exact) mass is 356 g/mol. The standard InChI is InChI=1S/C19H24N4O3/c1-14-10-17(21-26-14)12-22(2)19(25)18(24)20-16-8-9-23(13-16)11-15-6-4-3-5-7-15/h3-7,10,16H,8-9,11-13H2,1-2H3,(H,20,24). The fourth-order valence-corrected chi connectivity index (χ4v) is 3.16. The highest BCUT2D eigenvalue weighted by Crippen LogP contribution is 2.13. The van der Waals surface area contributed by atoms with Gasteiger partial charge in [-0.25, -0.2) is 0 Å². The van der Waals surface area contributed by atoms with Gasteiger partial charge in [0.2, 0.25) is 0 Å². The zero-order valence-electron chi connectivity index (χ0n) is 15.1. The van der Waals surface area contributed by atoms with Gasteiger partial charge in [-0.05, 0) is 18.9 Å². The van der Waals surface area contributed by atoms with Gasteiger partial charge in [-0.15, -0.1) is 0 Å². The minimum absolute atomic E-state index is 0.00198. The zero-order chi connectivity index (χ0) is 18.5. The lowest BCUT2D eigenvalue weighted by Crippen LogP contribution is -2.45. The van der Waals surface area contributed by atoms with Crippen molar-refractivity contribution in [3.63, 3.8) is 0 Å². The highest BCUT2D eigenvalue weighted by atomic mass is 16.5. The van der Waals surface area contributed by atoms with Crippen LogP contribution >= 0.6 is 0 Å². The minimum atomic E-state index is -0.570. The summed E-state index contributed by atoms with van der Waals surface area (Å²) in [5.74, 6) is -0.457. The predicted octanol–water partition coefficient (Wildman–Crippen LogP) is 1.33. The minimum Gasteiger partial charge on any atom is -0.361 e. The fourth-order valence-electron chi connectivity index (χ4n) is 3.16. The molecule has 0 bridgehead atoms. The van der Waals surface area contributed by atoms with E-state index in [1.807, 2.05) is 18.2 Å². The van der Waals surface area contributed by atoms with E-state index in [4.69, 9.17) is 4.52 Å². The van der Waals surface area contributed by atoms with Gasteiger partial charge >= 0.3 is 11.8 Å². The SMILES string of the molecule is Cc1cc(CN(C)C(=O)C(=O)NC2CCN(Cc3ccccc3)C2)no1. The van der Waals surface area contributed by atoms with E-state index in [0.29, 0.717) is 11.5 Å². The zero-order valence-corrected chi connectivity index (χ0v) is 15.1. The molecule has 1 saturated heterocycles. The molecule has 2 heterocycles. The summed E-state index contributed by atoms with van der Waals surface area (Å²) in [6, 6.07) is 12.0. The van der Waals surface area contributed by atoms with E-state index in [1.54, 1.807) is 20.0 Å². The molecule has 1 unspecified atom stereocenters. The number of aromatic nitrogens is 1. The third-order valence-corrected chi connectivity index (χ3v) is 4.47. The van der Waals surface area contributed by atoms with Crippen LogP contribution in [0.4, 0.5) is 0 Å². The molecule has 138 valence electrons. The molecule has 1 aromatic carbocycles. The molecule has 0 saturated carbocycles. The maximum Gasteiger partial charge on any atom is 0.311 e.